The van der Waals surface area contributed by atoms with Crippen LogP contribution in [0, 0.1) is 0 Å². The van der Waals surface area contributed by atoms with Crippen LogP contribution >= 0.6 is 0 Å². The van der Waals surface area contributed by atoms with Crippen LogP contribution in [0.25, 0.3) is 27.7 Å². The van der Waals surface area contributed by atoms with Gasteiger partial charge in [-0.1, -0.05) is 38.1 Å². The second-order valence-electron chi connectivity index (χ2n) is 7.43. The number of aromatic nitrogens is 4. The Kier molecular flexibility index (Phi) is 7.84. The third-order valence-electron chi connectivity index (χ3n) is 5.23. The lowest BCUT2D eigenvalue weighted by atomic mass is 10.0. The molecule has 4 rings (SSSR count). The molecule has 8 heteroatoms. The van der Waals surface area contributed by atoms with E-state index < -0.39 is 10.0 Å². The Morgan fingerprint density at radius 3 is 2.48 bits per heavy atom. The number of pyridine rings is 1. The maximum atomic E-state index is 13.4. The van der Waals surface area contributed by atoms with Crippen molar-refractivity contribution in [3.63, 3.8) is 0 Å². The van der Waals surface area contributed by atoms with Crippen LogP contribution < -0.4 is 5.32 Å². The fourth-order valence-electron chi connectivity index (χ4n) is 3.53. The number of allylic oxidation sites excluding steroid dienone is 1. The van der Waals surface area contributed by atoms with Gasteiger partial charge < -0.3 is 5.32 Å². The van der Waals surface area contributed by atoms with E-state index in [9.17, 15) is 8.42 Å². The molecule has 1 N–H and O–H groups in total. The number of nitrogens with one attached hydrogen (secondary N) is 1. The second-order valence-corrected chi connectivity index (χ2v) is 9.25. The molecule has 0 aliphatic rings. The van der Waals surface area contributed by atoms with Gasteiger partial charge in [-0.05, 0) is 56.3 Å². The fourth-order valence-corrected chi connectivity index (χ4v) is 4.87. The van der Waals surface area contributed by atoms with Crippen LogP contribution in [0.4, 0.5) is 0 Å². The van der Waals surface area contributed by atoms with Gasteiger partial charge >= 0.3 is 0 Å². The van der Waals surface area contributed by atoms with Crippen LogP contribution in [0.5, 0.6) is 0 Å². The molecule has 0 amide bonds. The van der Waals surface area contributed by atoms with Crippen molar-refractivity contribution in [3.8, 4) is 11.1 Å². The second kappa shape index (κ2) is 10.6. The van der Waals surface area contributed by atoms with Gasteiger partial charge in [0.15, 0.2) is 5.65 Å². The first-order chi connectivity index (χ1) is 15.9. The molecule has 4 aromatic rings. The molecule has 33 heavy (non-hydrogen) atoms. The predicted molar refractivity (Wildman–Crippen MR) is 135 cm³/mol. The summed E-state index contributed by atoms with van der Waals surface area (Å²) in [4.78, 5) is 4.80. The Bertz CT molecular complexity index is 1350. The number of rotatable bonds is 7. The smallest absolute Gasteiger partial charge is 0.269 e. The summed E-state index contributed by atoms with van der Waals surface area (Å²) in [5.74, 6) is 0. The molecule has 174 valence electrons. The van der Waals surface area contributed by atoms with Crippen molar-refractivity contribution in [3.05, 3.63) is 72.8 Å². The van der Waals surface area contributed by atoms with Crippen LogP contribution in [0.2, 0.25) is 0 Å². The van der Waals surface area contributed by atoms with E-state index in [2.05, 4.69) is 21.5 Å². The molecule has 0 aliphatic carbocycles. The van der Waals surface area contributed by atoms with E-state index >= 15 is 0 Å². The first kappa shape index (κ1) is 24.4. The molecule has 7 nitrogen and oxygen atoms in total. The van der Waals surface area contributed by atoms with Gasteiger partial charge in [-0.2, -0.15) is 5.10 Å². The van der Waals surface area contributed by atoms with Crippen LogP contribution in [0.1, 0.15) is 32.8 Å². The SMILES string of the molecule is CC.CNCC/C=C(\C)c1cnc2c(c1)c(-c1cnn(C)c1)cn2S(=O)(=O)c1ccccc1. The topological polar surface area (TPSA) is 81.8 Å². The summed E-state index contributed by atoms with van der Waals surface area (Å²) in [6, 6.07) is 10.4. The van der Waals surface area contributed by atoms with Gasteiger partial charge in [0.2, 0.25) is 0 Å². The minimum absolute atomic E-state index is 0.221. The van der Waals surface area contributed by atoms with Crippen molar-refractivity contribution in [2.45, 2.75) is 32.1 Å². The van der Waals surface area contributed by atoms with E-state index in [-0.39, 0.29) is 4.90 Å². The Morgan fingerprint density at radius 1 is 1.12 bits per heavy atom. The van der Waals surface area contributed by atoms with Crippen LogP contribution in [-0.4, -0.2) is 40.7 Å². The molecule has 0 aliphatic heterocycles. The van der Waals surface area contributed by atoms with Crippen LogP contribution in [0.3, 0.4) is 0 Å². The highest BCUT2D eigenvalue weighted by molar-refractivity contribution is 7.90. The molecule has 3 heterocycles. The third kappa shape index (κ3) is 5.07. The zero-order chi connectivity index (χ0) is 24.0. The first-order valence-corrected chi connectivity index (χ1v) is 12.5. The lowest BCUT2D eigenvalue weighted by Crippen LogP contribution is -2.12. The van der Waals surface area contributed by atoms with Gasteiger partial charge in [0.05, 0.1) is 11.1 Å². The molecule has 1 aromatic carbocycles. The molecule has 0 saturated heterocycles. The Balaban J connectivity index is 0.00000149. The molecular formula is C25H31N5O2S. The number of benzene rings is 1. The van der Waals surface area contributed by atoms with Gasteiger partial charge in [0.1, 0.15) is 0 Å². The van der Waals surface area contributed by atoms with E-state index in [1.807, 2.05) is 47.1 Å². The van der Waals surface area contributed by atoms with Crippen molar-refractivity contribution < 1.29 is 8.42 Å². The third-order valence-corrected chi connectivity index (χ3v) is 6.89. The summed E-state index contributed by atoms with van der Waals surface area (Å²) >= 11 is 0. The largest absolute Gasteiger partial charge is 0.319 e. The van der Waals surface area contributed by atoms with Gasteiger partial charge in [0, 0.05) is 42.2 Å². The molecule has 0 atom stereocenters. The average Bonchev–Trinajstić information content (AvgIpc) is 3.44. The quantitative estimate of drug-likeness (QED) is 0.400. The molecule has 0 bridgehead atoms. The number of fused-ring (bicyclic) bond motifs is 1. The van der Waals surface area contributed by atoms with Crippen molar-refractivity contribution in [2.75, 3.05) is 13.6 Å². The Morgan fingerprint density at radius 2 is 1.85 bits per heavy atom. The van der Waals surface area contributed by atoms with Crippen molar-refractivity contribution in [1.29, 1.82) is 0 Å². The highest BCUT2D eigenvalue weighted by Gasteiger charge is 2.23. The Labute approximate surface area is 195 Å². The summed E-state index contributed by atoms with van der Waals surface area (Å²) in [6.45, 7) is 6.93. The van der Waals surface area contributed by atoms with Crippen molar-refractivity contribution >= 4 is 26.6 Å². The summed E-state index contributed by atoms with van der Waals surface area (Å²) in [6.07, 6.45) is 10.0. The molecule has 0 unspecified atom stereocenters. The molecular weight excluding hydrogens is 434 g/mol. The zero-order valence-electron chi connectivity index (χ0n) is 19.8. The lowest BCUT2D eigenvalue weighted by Gasteiger charge is -2.07. The summed E-state index contributed by atoms with van der Waals surface area (Å²) < 4.78 is 29.7. The van der Waals surface area contributed by atoms with Gasteiger partial charge in [-0.25, -0.2) is 17.4 Å². The summed E-state index contributed by atoms with van der Waals surface area (Å²) in [7, 11) is -0.0340. The fraction of sp³-hybridized carbons (Fsp3) is 0.280. The average molecular weight is 466 g/mol. The van der Waals surface area contributed by atoms with Crippen LogP contribution in [-0.2, 0) is 17.1 Å². The molecule has 0 spiro atoms. The maximum Gasteiger partial charge on any atom is 0.269 e. The van der Waals surface area contributed by atoms with E-state index in [1.165, 1.54) is 3.97 Å². The van der Waals surface area contributed by atoms with Gasteiger partial charge in [-0.15, -0.1) is 0 Å². The lowest BCUT2D eigenvalue weighted by molar-refractivity contribution is 0.589. The number of aryl methyl sites for hydroxylation is 1. The standard InChI is InChI=1S/C23H25N5O2S.C2H6/c1-17(8-7-11-24-2)18-12-21-22(19-14-26-27(3)15-19)16-28(23(21)25-13-18)31(29,30)20-9-5-4-6-10-20;1-2/h4-6,8-10,12-16,24H,7,11H2,1-3H3;1-2H3/b17-8+;. The minimum Gasteiger partial charge on any atom is -0.319 e. The first-order valence-electron chi connectivity index (χ1n) is 11.0. The Hall–Kier alpha value is -3.23. The molecule has 0 radical (unpaired) electrons. The van der Waals surface area contributed by atoms with Crippen molar-refractivity contribution in [2.24, 2.45) is 7.05 Å². The molecule has 0 fully saturated rings. The van der Waals surface area contributed by atoms with E-state index in [4.69, 9.17) is 0 Å². The van der Waals surface area contributed by atoms with Crippen molar-refractivity contribution in [1.82, 2.24) is 24.1 Å². The summed E-state index contributed by atoms with van der Waals surface area (Å²) in [5.41, 5.74) is 4.07. The minimum atomic E-state index is -3.79. The number of hydrogen-bond donors (Lipinski definition) is 1. The normalized spacial score (nSPS) is 12.0. The van der Waals surface area contributed by atoms with E-state index in [1.54, 1.807) is 53.6 Å². The highest BCUT2D eigenvalue weighted by atomic mass is 32.2. The van der Waals surface area contributed by atoms with Gasteiger partial charge in [-0.3, -0.25) is 4.68 Å². The number of nitrogens with zero attached hydrogens (tertiary/aromatic N) is 4. The molecule has 3 aromatic heterocycles. The van der Waals surface area contributed by atoms with Gasteiger partial charge in [0.25, 0.3) is 10.0 Å². The highest BCUT2D eigenvalue weighted by Crippen LogP contribution is 2.33. The maximum absolute atomic E-state index is 13.4. The monoisotopic (exact) mass is 465 g/mol. The zero-order valence-corrected chi connectivity index (χ0v) is 20.6. The summed E-state index contributed by atoms with van der Waals surface area (Å²) in [5, 5.41) is 8.16. The van der Waals surface area contributed by atoms with E-state index in [0.29, 0.717) is 5.65 Å². The molecule has 0 saturated carbocycles. The number of hydrogen-bond acceptors (Lipinski definition) is 5. The van der Waals surface area contributed by atoms with Crippen LogP contribution in [0.15, 0.2) is 72.2 Å². The predicted octanol–water partition coefficient (Wildman–Crippen LogP) is 4.71. The van der Waals surface area contributed by atoms with E-state index in [0.717, 1.165) is 40.6 Å².